The van der Waals surface area contributed by atoms with Crippen molar-refractivity contribution >= 4 is 23.9 Å². The molecular weight excluding hydrogens is 408 g/mol. The van der Waals surface area contributed by atoms with E-state index in [1.807, 2.05) is 12.4 Å². The topological polar surface area (TPSA) is 65.2 Å². The van der Waals surface area contributed by atoms with Gasteiger partial charge in [-0.25, -0.2) is 0 Å². The van der Waals surface area contributed by atoms with E-state index >= 15 is 0 Å². The molecule has 4 aliphatic carbocycles. The molecule has 2 N–H and O–H groups in total. The largest absolute Gasteiger partial charge is 0.461 e. The molecule has 6 unspecified atom stereocenters. The Hall–Kier alpha value is -1.65. The molecule has 4 nitrogen and oxygen atoms in total. The first kappa shape index (κ1) is 22.5. The van der Waals surface area contributed by atoms with Gasteiger partial charge in [0.15, 0.2) is 0 Å². The van der Waals surface area contributed by atoms with Crippen molar-refractivity contribution in [2.75, 3.05) is 6.54 Å². The van der Waals surface area contributed by atoms with Crippen molar-refractivity contribution in [3.05, 3.63) is 47.8 Å². The molecule has 1 aromatic heterocycles. The van der Waals surface area contributed by atoms with Crippen LogP contribution in [-0.4, -0.2) is 23.6 Å². The van der Waals surface area contributed by atoms with Crippen molar-refractivity contribution in [2.45, 2.75) is 64.9 Å². The van der Waals surface area contributed by atoms with Crippen LogP contribution in [0.5, 0.6) is 0 Å². The molecule has 0 aromatic carbocycles. The molecule has 0 radical (unpaired) electrons. The van der Waals surface area contributed by atoms with Crippen molar-refractivity contribution < 1.29 is 9.53 Å². The van der Waals surface area contributed by atoms with E-state index in [9.17, 15) is 4.79 Å². The Morgan fingerprint density at radius 2 is 1.97 bits per heavy atom. The van der Waals surface area contributed by atoms with Crippen molar-refractivity contribution in [1.82, 2.24) is 4.98 Å². The molecule has 0 spiro atoms. The highest BCUT2D eigenvalue weighted by Crippen LogP contribution is 2.66. The fourth-order valence-electron chi connectivity index (χ4n) is 7.50. The molecule has 0 saturated heterocycles. The van der Waals surface area contributed by atoms with Gasteiger partial charge in [-0.15, -0.1) is 12.4 Å². The Morgan fingerprint density at radius 3 is 2.71 bits per heavy atom. The van der Waals surface area contributed by atoms with Gasteiger partial charge in [-0.05, 0) is 84.3 Å². The summed E-state index contributed by atoms with van der Waals surface area (Å²) in [4.78, 5) is 16.1. The molecule has 31 heavy (non-hydrogen) atoms. The average Bonchev–Trinajstić information content (AvgIpc) is 3.11. The van der Waals surface area contributed by atoms with E-state index in [1.54, 1.807) is 0 Å². The number of hydrogen-bond acceptors (Lipinski definition) is 4. The maximum absolute atomic E-state index is 11.7. The number of hydrogen-bond donors (Lipinski definition) is 1. The zero-order chi connectivity index (χ0) is 20.9. The first-order valence-corrected chi connectivity index (χ1v) is 11.7. The van der Waals surface area contributed by atoms with Crippen LogP contribution < -0.4 is 5.73 Å². The van der Waals surface area contributed by atoms with E-state index in [1.165, 1.54) is 42.4 Å². The first-order chi connectivity index (χ1) is 14.5. The van der Waals surface area contributed by atoms with E-state index in [0.29, 0.717) is 5.92 Å². The third-order valence-corrected chi connectivity index (χ3v) is 9.08. The quantitative estimate of drug-likeness (QED) is 0.507. The van der Waals surface area contributed by atoms with Crippen molar-refractivity contribution in [3.63, 3.8) is 0 Å². The summed E-state index contributed by atoms with van der Waals surface area (Å²) in [5, 5.41) is 0. The summed E-state index contributed by atoms with van der Waals surface area (Å²) in [6.45, 7) is 4.97. The number of nitrogens with zero attached hydrogens (tertiary/aromatic N) is 1. The lowest BCUT2D eigenvalue weighted by Gasteiger charge is -2.57. The second kappa shape index (κ2) is 8.37. The monoisotopic (exact) mass is 442 g/mol. The number of halogens is 1. The molecule has 5 rings (SSSR count). The molecule has 1 aromatic rings. The molecule has 2 saturated carbocycles. The number of nitrogens with two attached hydrogens (primary N) is 1. The fourth-order valence-corrected chi connectivity index (χ4v) is 7.50. The van der Waals surface area contributed by atoms with Crippen LogP contribution in [0, 0.1) is 28.6 Å². The summed E-state index contributed by atoms with van der Waals surface area (Å²) in [6, 6.07) is 4.29. The van der Waals surface area contributed by atoms with Crippen LogP contribution in [0.25, 0.3) is 5.57 Å². The van der Waals surface area contributed by atoms with Gasteiger partial charge in [-0.3, -0.25) is 9.78 Å². The summed E-state index contributed by atoms with van der Waals surface area (Å²) in [7, 11) is 0. The maximum Gasteiger partial charge on any atom is 0.319 e. The van der Waals surface area contributed by atoms with Crippen LogP contribution >= 0.6 is 12.4 Å². The third kappa shape index (κ3) is 3.56. The van der Waals surface area contributed by atoms with Gasteiger partial charge in [-0.2, -0.15) is 0 Å². The van der Waals surface area contributed by atoms with E-state index in [2.05, 4.69) is 43.1 Å². The van der Waals surface area contributed by atoms with Crippen LogP contribution in [0.1, 0.15) is 64.4 Å². The molecule has 0 aliphatic heterocycles. The molecule has 6 atom stereocenters. The summed E-state index contributed by atoms with van der Waals surface area (Å²) in [6.07, 6.45) is 16.8. The van der Waals surface area contributed by atoms with Gasteiger partial charge in [0.1, 0.15) is 6.10 Å². The van der Waals surface area contributed by atoms with E-state index < -0.39 is 0 Å². The third-order valence-electron chi connectivity index (χ3n) is 9.08. The number of pyridine rings is 1. The number of carbonyl (C=O) groups excluding carboxylic acids is 1. The minimum Gasteiger partial charge on any atom is -0.461 e. The highest BCUT2D eigenvalue weighted by molar-refractivity contribution is 5.85. The molecule has 0 amide bonds. The van der Waals surface area contributed by atoms with Crippen LogP contribution in [0.2, 0.25) is 0 Å². The van der Waals surface area contributed by atoms with Gasteiger partial charge < -0.3 is 10.5 Å². The van der Waals surface area contributed by atoms with Gasteiger partial charge in [0.05, 0.1) is 6.54 Å². The standard InChI is InChI=1S/C26H34N2O2.ClH/c1-25-11-9-19(30-24(29)15-27)14-18(25)5-6-20-22-8-7-21(17-4-3-13-28-16-17)26(22,2)12-10-23(20)25;/h3-5,7,13,16,19-20,22-23H,6,8-12,14-15,27H2,1-2H3;1H. The molecule has 2 fully saturated rings. The smallest absolute Gasteiger partial charge is 0.319 e. The Bertz CT molecular complexity index is 898. The Labute approximate surface area is 192 Å². The van der Waals surface area contributed by atoms with Crippen LogP contribution in [0.3, 0.4) is 0 Å². The molecule has 0 bridgehead atoms. The number of esters is 1. The van der Waals surface area contributed by atoms with Gasteiger partial charge in [-0.1, -0.05) is 37.6 Å². The molecule has 1 heterocycles. The fraction of sp³-hybridized carbons (Fsp3) is 0.615. The number of aromatic nitrogens is 1. The Kier molecular flexibility index (Phi) is 6.08. The lowest BCUT2D eigenvalue weighted by atomic mass is 9.47. The normalized spacial score (nSPS) is 38.5. The van der Waals surface area contributed by atoms with Gasteiger partial charge in [0, 0.05) is 18.8 Å². The Morgan fingerprint density at radius 1 is 1.16 bits per heavy atom. The van der Waals surface area contributed by atoms with Gasteiger partial charge in [0.25, 0.3) is 0 Å². The van der Waals surface area contributed by atoms with Crippen LogP contribution in [0.15, 0.2) is 42.3 Å². The zero-order valence-corrected chi connectivity index (χ0v) is 19.5. The SMILES string of the molecule is CC12CCC(OC(=O)CN)CC1=CCC1C2CCC2(C)C(c3cccnc3)=CCC12.Cl. The predicted molar refractivity (Wildman–Crippen MR) is 125 cm³/mol. The van der Waals surface area contributed by atoms with Crippen LogP contribution in [0.4, 0.5) is 0 Å². The summed E-state index contributed by atoms with van der Waals surface area (Å²) >= 11 is 0. The number of carbonyl (C=O) groups is 1. The van der Waals surface area contributed by atoms with Crippen molar-refractivity contribution in [1.29, 1.82) is 0 Å². The summed E-state index contributed by atoms with van der Waals surface area (Å²) in [5.41, 5.74) is 10.3. The molecular formula is C26H35ClN2O2. The molecule has 168 valence electrons. The van der Waals surface area contributed by atoms with Gasteiger partial charge in [0.2, 0.25) is 0 Å². The molecule has 5 heteroatoms. The second-order valence-electron chi connectivity index (χ2n) is 10.4. The van der Waals surface area contributed by atoms with Crippen molar-refractivity contribution in [3.8, 4) is 0 Å². The lowest BCUT2D eigenvalue weighted by Crippen LogP contribution is -2.50. The summed E-state index contributed by atoms with van der Waals surface area (Å²) in [5.74, 6) is 1.93. The summed E-state index contributed by atoms with van der Waals surface area (Å²) < 4.78 is 5.60. The minimum absolute atomic E-state index is 0. The average molecular weight is 443 g/mol. The van der Waals surface area contributed by atoms with E-state index in [0.717, 1.165) is 31.1 Å². The Balaban J connectivity index is 0.00000231. The highest BCUT2D eigenvalue weighted by Gasteiger charge is 2.57. The maximum atomic E-state index is 11.7. The van der Waals surface area contributed by atoms with Gasteiger partial charge >= 0.3 is 5.97 Å². The predicted octanol–water partition coefficient (Wildman–Crippen LogP) is 5.33. The van der Waals surface area contributed by atoms with Crippen molar-refractivity contribution in [2.24, 2.45) is 34.3 Å². The highest BCUT2D eigenvalue weighted by atomic mass is 35.5. The lowest BCUT2D eigenvalue weighted by molar-refractivity contribution is -0.149. The molecule has 4 aliphatic rings. The number of rotatable bonds is 3. The number of ether oxygens (including phenoxy) is 1. The first-order valence-electron chi connectivity index (χ1n) is 11.7. The number of fused-ring (bicyclic) bond motifs is 5. The number of allylic oxidation sites excluding steroid dienone is 3. The van der Waals surface area contributed by atoms with E-state index in [4.69, 9.17) is 10.5 Å². The van der Waals surface area contributed by atoms with Crippen LogP contribution in [-0.2, 0) is 9.53 Å². The van der Waals surface area contributed by atoms with E-state index in [-0.39, 0.29) is 41.9 Å². The zero-order valence-electron chi connectivity index (χ0n) is 18.7. The minimum atomic E-state index is -0.272. The second-order valence-corrected chi connectivity index (χ2v) is 10.4.